The average Bonchev–Trinajstić information content (AvgIpc) is 2.20. The molecule has 1 N–H and O–H groups in total. The van der Waals surface area contributed by atoms with Crippen LogP contribution in [-0.2, 0) is 9.59 Å². The molecule has 1 aliphatic heterocycles. The fourth-order valence-corrected chi connectivity index (χ4v) is 1.68. The SMILES string of the molecule is O=CC(O)C(C=O)N1CCCCC1. The van der Waals surface area contributed by atoms with E-state index < -0.39 is 12.1 Å². The van der Waals surface area contributed by atoms with Gasteiger partial charge in [-0.1, -0.05) is 6.42 Å². The molecule has 1 rings (SSSR count). The predicted octanol–water partition coefficient (Wildman–Crippen LogP) is -0.400. The van der Waals surface area contributed by atoms with Crippen LogP contribution in [0.1, 0.15) is 19.3 Å². The molecule has 0 amide bonds. The van der Waals surface area contributed by atoms with Crippen molar-refractivity contribution in [2.75, 3.05) is 13.1 Å². The highest BCUT2D eigenvalue weighted by Gasteiger charge is 2.26. The van der Waals surface area contributed by atoms with Gasteiger partial charge in [-0.2, -0.15) is 0 Å². The molecule has 13 heavy (non-hydrogen) atoms. The Morgan fingerprint density at radius 3 is 2.15 bits per heavy atom. The Morgan fingerprint density at radius 1 is 1.08 bits per heavy atom. The lowest BCUT2D eigenvalue weighted by atomic mass is 10.1. The van der Waals surface area contributed by atoms with E-state index in [0.717, 1.165) is 25.9 Å². The molecule has 1 heterocycles. The van der Waals surface area contributed by atoms with Gasteiger partial charge in [0.1, 0.15) is 12.4 Å². The number of aliphatic hydroxyl groups is 1. The van der Waals surface area contributed by atoms with E-state index in [4.69, 9.17) is 0 Å². The molecule has 1 fully saturated rings. The van der Waals surface area contributed by atoms with Crippen molar-refractivity contribution < 1.29 is 14.7 Å². The molecule has 0 aliphatic carbocycles. The molecule has 2 unspecified atom stereocenters. The summed E-state index contributed by atoms with van der Waals surface area (Å²) in [5.74, 6) is 0. The number of piperidine rings is 1. The van der Waals surface area contributed by atoms with Crippen molar-refractivity contribution in [2.24, 2.45) is 0 Å². The van der Waals surface area contributed by atoms with Crippen molar-refractivity contribution in [3.05, 3.63) is 0 Å². The van der Waals surface area contributed by atoms with Gasteiger partial charge in [0.2, 0.25) is 0 Å². The van der Waals surface area contributed by atoms with Crippen LogP contribution in [0.2, 0.25) is 0 Å². The third-order valence-electron chi connectivity index (χ3n) is 2.44. The fourth-order valence-electron chi connectivity index (χ4n) is 1.68. The molecule has 0 radical (unpaired) electrons. The van der Waals surface area contributed by atoms with Crippen LogP contribution < -0.4 is 0 Å². The van der Waals surface area contributed by atoms with Crippen molar-refractivity contribution in [2.45, 2.75) is 31.4 Å². The molecule has 0 aromatic rings. The molecular formula is C9H15NO3. The first-order chi connectivity index (χ1) is 6.29. The van der Waals surface area contributed by atoms with Crippen molar-refractivity contribution in [1.29, 1.82) is 0 Å². The quantitative estimate of drug-likeness (QED) is 0.605. The maximum atomic E-state index is 10.6. The van der Waals surface area contributed by atoms with Crippen LogP contribution in [-0.4, -0.2) is 47.8 Å². The summed E-state index contributed by atoms with van der Waals surface area (Å²) in [4.78, 5) is 22.8. The highest BCUT2D eigenvalue weighted by Crippen LogP contribution is 2.12. The molecule has 0 aromatic carbocycles. The molecule has 1 saturated heterocycles. The summed E-state index contributed by atoms with van der Waals surface area (Å²) in [6.45, 7) is 1.60. The number of nitrogens with zero attached hydrogens (tertiary/aromatic N) is 1. The molecule has 2 atom stereocenters. The highest BCUT2D eigenvalue weighted by atomic mass is 16.3. The first-order valence-corrected chi connectivity index (χ1v) is 4.62. The highest BCUT2D eigenvalue weighted by molar-refractivity contribution is 5.69. The van der Waals surface area contributed by atoms with Gasteiger partial charge in [-0.15, -0.1) is 0 Å². The number of aldehydes is 2. The Balaban J connectivity index is 2.53. The standard InChI is InChI=1S/C9H15NO3/c11-6-8(9(13)7-12)10-4-2-1-3-5-10/h6-9,13H,1-5H2. The third kappa shape index (κ3) is 2.60. The van der Waals surface area contributed by atoms with Gasteiger partial charge in [-0.05, 0) is 25.9 Å². The molecular weight excluding hydrogens is 170 g/mol. The van der Waals surface area contributed by atoms with Crippen LogP contribution in [0.5, 0.6) is 0 Å². The zero-order chi connectivity index (χ0) is 9.68. The van der Waals surface area contributed by atoms with Crippen molar-refractivity contribution in [1.82, 2.24) is 4.90 Å². The largest absolute Gasteiger partial charge is 0.384 e. The van der Waals surface area contributed by atoms with E-state index in [0.29, 0.717) is 12.6 Å². The van der Waals surface area contributed by atoms with Crippen LogP contribution in [0.4, 0.5) is 0 Å². The minimum atomic E-state index is -1.17. The number of carbonyl (C=O) groups is 2. The Hall–Kier alpha value is -0.740. The van der Waals surface area contributed by atoms with Gasteiger partial charge in [0.05, 0.1) is 6.04 Å². The number of rotatable bonds is 4. The molecule has 0 aromatic heterocycles. The summed E-state index contributed by atoms with van der Waals surface area (Å²) < 4.78 is 0. The van der Waals surface area contributed by atoms with Gasteiger partial charge in [-0.3, -0.25) is 4.90 Å². The van der Waals surface area contributed by atoms with Gasteiger partial charge in [0.25, 0.3) is 0 Å². The Kier molecular flexibility index (Phi) is 4.05. The topological polar surface area (TPSA) is 57.6 Å². The number of likely N-dealkylation sites (tertiary alicyclic amines) is 1. The lowest BCUT2D eigenvalue weighted by molar-refractivity contribution is -0.126. The summed E-state index contributed by atoms with van der Waals surface area (Å²) in [5, 5.41) is 9.23. The van der Waals surface area contributed by atoms with Crippen LogP contribution in [0, 0.1) is 0 Å². The zero-order valence-electron chi connectivity index (χ0n) is 7.56. The Labute approximate surface area is 77.5 Å². The normalized spacial score (nSPS) is 23.5. The predicted molar refractivity (Wildman–Crippen MR) is 47.3 cm³/mol. The molecule has 0 bridgehead atoms. The van der Waals surface area contributed by atoms with E-state index in [2.05, 4.69) is 0 Å². The summed E-state index contributed by atoms with van der Waals surface area (Å²) in [6, 6.07) is -0.641. The van der Waals surface area contributed by atoms with Gasteiger partial charge in [0, 0.05) is 0 Å². The first kappa shape index (κ1) is 10.3. The molecule has 4 heteroatoms. The van der Waals surface area contributed by atoms with Crippen molar-refractivity contribution in [3.63, 3.8) is 0 Å². The maximum Gasteiger partial charge on any atom is 0.150 e. The van der Waals surface area contributed by atoms with E-state index in [1.807, 2.05) is 4.90 Å². The Morgan fingerprint density at radius 2 is 1.69 bits per heavy atom. The zero-order valence-corrected chi connectivity index (χ0v) is 7.56. The summed E-state index contributed by atoms with van der Waals surface area (Å²) in [7, 11) is 0. The summed E-state index contributed by atoms with van der Waals surface area (Å²) in [5.41, 5.74) is 0. The first-order valence-electron chi connectivity index (χ1n) is 4.62. The van der Waals surface area contributed by atoms with E-state index in [1.54, 1.807) is 0 Å². The monoisotopic (exact) mass is 185 g/mol. The smallest absolute Gasteiger partial charge is 0.150 e. The molecule has 1 aliphatic rings. The van der Waals surface area contributed by atoms with E-state index in [1.165, 1.54) is 6.42 Å². The number of hydrogen-bond donors (Lipinski definition) is 1. The van der Waals surface area contributed by atoms with Gasteiger partial charge < -0.3 is 14.7 Å². The fraction of sp³-hybridized carbons (Fsp3) is 0.778. The molecule has 4 nitrogen and oxygen atoms in total. The van der Waals surface area contributed by atoms with Crippen molar-refractivity contribution >= 4 is 12.6 Å². The maximum absolute atomic E-state index is 10.6. The second-order valence-corrected chi connectivity index (χ2v) is 3.35. The second kappa shape index (κ2) is 5.09. The molecule has 0 spiro atoms. The number of aliphatic hydroxyl groups excluding tert-OH is 1. The molecule has 74 valence electrons. The number of hydrogen-bond acceptors (Lipinski definition) is 4. The van der Waals surface area contributed by atoms with E-state index in [9.17, 15) is 14.7 Å². The van der Waals surface area contributed by atoms with E-state index >= 15 is 0 Å². The second-order valence-electron chi connectivity index (χ2n) is 3.35. The average molecular weight is 185 g/mol. The minimum absolute atomic E-state index is 0.424. The van der Waals surface area contributed by atoms with Crippen LogP contribution in [0.25, 0.3) is 0 Å². The lowest BCUT2D eigenvalue weighted by Crippen LogP contribution is -2.47. The number of carbonyl (C=O) groups excluding carboxylic acids is 2. The minimum Gasteiger partial charge on any atom is -0.384 e. The Bertz CT molecular complexity index is 178. The summed E-state index contributed by atoms with van der Waals surface area (Å²) >= 11 is 0. The van der Waals surface area contributed by atoms with Gasteiger partial charge in [-0.25, -0.2) is 0 Å². The van der Waals surface area contributed by atoms with Crippen LogP contribution in [0.3, 0.4) is 0 Å². The van der Waals surface area contributed by atoms with Crippen molar-refractivity contribution in [3.8, 4) is 0 Å². The van der Waals surface area contributed by atoms with Crippen LogP contribution in [0.15, 0.2) is 0 Å². The van der Waals surface area contributed by atoms with Gasteiger partial charge >= 0.3 is 0 Å². The van der Waals surface area contributed by atoms with Gasteiger partial charge in [0.15, 0.2) is 6.29 Å². The lowest BCUT2D eigenvalue weighted by Gasteiger charge is -2.32. The van der Waals surface area contributed by atoms with E-state index in [-0.39, 0.29) is 0 Å². The summed E-state index contributed by atoms with van der Waals surface area (Å²) in [6.07, 6.45) is 3.15. The van der Waals surface area contributed by atoms with Crippen LogP contribution >= 0.6 is 0 Å². The molecule has 0 saturated carbocycles. The third-order valence-corrected chi connectivity index (χ3v) is 2.44.